The van der Waals surface area contributed by atoms with Crippen LogP contribution in [0.15, 0.2) is 24.8 Å². The molecule has 1 aliphatic rings. The first-order chi connectivity index (χ1) is 12.3. The van der Waals surface area contributed by atoms with Gasteiger partial charge in [0.2, 0.25) is 10.0 Å². The fourth-order valence-corrected chi connectivity index (χ4v) is 4.62. The molecule has 1 aliphatic heterocycles. The molecule has 0 saturated carbocycles. The van der Waals surface area contributed by atoms with Crippen molar-refractivity contribution in [2.75, 3.05) is 18.8 Å². The van der Waals surface area contributed by atoms with Crippen LogP contribution in [-0.2, 0) is 30.7 Å². The second-order valence-corrected chi connectivity index (χ2v) is 8.64. The van der Waals surface area contributed by atoms with Gasteiger partial charge in [-0.25, -0.2) is 13.1 Å². The highest BCUT2D eigenvalue weighted by molar-refractivity contribution is 7.89. The van der Waals surface area contributed by atoms with Crippen LogP contribution in [0.2, 0.25) is 0 Å². The van der Waals surface area contributed by atoms with Crippen molar-refractivity contribution in [2.24, 2.45) is 20.0 Å². The van der Waals surface area contributed by atoms with E-state index in [-0.39, 0.29) is 24.1 Å². The van der Waals surface area contributed by atoms with Crippen molar-refractivity contribution in [3.8, 4) is 0 Å². The smallest absolute Gasteiger partial charge is 0.257 e. The zero-order chi connectivity index (χ0) is 18.7. The fourth-order valence-electron chi connectivity index (χ4n) is 3.23. The Bertz CT molecular complexity index is 872. The van der Waals surface area contributed by atoms with Gasteiger partial charge in [-0.3, -0.25) is 14.2 Å². The molecule has 1 unspecified atom stereocenters. The molecular formula is C16H24N6O3S. The predicted molar refractivity (Wildman–Crippen MR) is 95.7 cm³/mol. The van der Waals surface area contributed by atoms with Crippen LogP contribution in [0.3, 0.4) is 0 Å². The zero-order valence-corrected chi connectivity index (χ0v) is 15.8. The third kappa shape index (κ3) is 4.70. The number of likely N-dealkylation sites (tertiary alicyclic amines) is 1. The van der Waals surface area contributed by atoms with E-state index in [2.05, 4.69) is 14.9 Å². The van der Waals surface area contributed by atoms with Gasteiger partial charge in [-0.05, 0) is 18.8 Å². The van der Waals surface area contributed by atoms with E-state index in [9.17, 15) is 13.2 Å². The molecule has 3 heterocycles. The monoisotopic (exact) mass is 380 g/mol. The number of nitrogens with zero attached hydrogens (tertiary/aromatic N) is 5. The van der Waals surface area contributed by atoms with Crippen LogP contribution in [0.1, 0.15) is 28.8 Å². The standard InChI is InChI=1S/C16H24N6O3S/c1-20-9-14(6-17-20)7-19-26(24,25)12-13-4-3-5-22(10-13)16(23)15-8-18-21(2)11-15/h6,8-9,11,13,19H,3-5,7,10,12H2,1-2H3. The molecule has 2 aromatic rings. The highest BCUT2D eigenvalue weighted by Crippen LogP contribution is 2.20. The van der Waals surface area contributed by atoms with E-state index in [1.165, 1.54) is 6.20 Å². The highest BCUT2D eigenvalue weighted by Gasteiger charge is 2.28. The second kappa shape index (κ2) is 7.58. The maximum Gasteiger partial charge on any atom is 0.257 e. The number of carbonyl (C=O) groups excluding carboxylic acids is 1. The molecule has 0 radical (unpaired) electrons. The molecule has 1 saturated heterocycles. The lowest BCUT2D eigenvalue weighted by molar-refractivity contribution is 0.0684. The number of rotatable bonds is 6. The van der Waals surface area contributed by atoms with Crippen molar-refractivity contribution < 1.29 is 13.2 Å². The number of aryl methyl sites for hydroxylation is 2. The molecule has 0 aliphatic carbocycles. The second-order valence-electron chi connectivity index (χ2n) is 6.79. The Morgan fingerprint density at radius 2 is 1.96 bits per heavy atom. The van der Waals surface area contributed by atoms with Gasteiger partial charge >= 0.3 is 0 Å². The molecule has 142 valence electrons. The van der Waals surface area contributed by atoms with Crippen molar-refractivity contribution >= 4 is 15.9 Å². The quantitative estimate of drug-likeness (QED) is 0.767. The molecule has 1 fully saturated rings. The fraction of sp³-hybridized carbons (Fsp3) is 0.562. The lowest BCUT2D eigenvalue weighted by Gasteiger charge is -2.32. The molecule has 10 heteroatoms. The number of amides is 1. The van der Waals surface area contributed by atoms with E-state index in [0.29, 0.717) is 18.7 Å². The Morgan fingerprint density at radius 1 is 1.23 bits per heavy atom. The average molecular weight is 380 g/mol. The molecule has 1 N–H and O–H groups in total. The number of hydrogen-bond acceptors (Lipinski definition) is 5. The van der Waals surface area contributed by atoms with E-state index in [1.807, 2.05) is 0 Å². The van der Waals surface area contributed by atoms with Crippen LogP contribution in [0.25, 0.3) is 0 Å². The van der Waals surface area contributed by atoms with Gasteiger partial charge in [-0.1, -0.05) is 0 Å². The van der Waals surface area contributed by atoms with E-state index in [0.717, 1.165) is 18.4 Å². The van der Waals surface area contributed by atoms with Crippen molar-refractivity contribution in [1.82, 2.24) is 29.2 Å². The van der Waals surface area contributed by atoms with Crippen molar-refractivity contribution in [3.63, 3.8) is 0 Å². The van der Waals surface area contributed by atoms with Crippen LogP contribution in [0.4, 0.5) is 0 Å². The van der Waals surface area contributed by atoms with Gasteiger partial charge in [0.15, 0.2) is 0 Å². The van der Waals surface area contributed by atoms with Crippen molar-refractivity contribution in [2.45, 2.75) is 19.4 Å². The molecule has 0 spiro atoms. The van der Waals surface area contributed by atoms with Gasteiger partial charge < -0.3 is 4.90 Å². The number of aromatic nitrogens is 4. The SMILES string of the molecule is Cn1cc(CNS(=O)(=O)CC2CCCN(C(=O)c3cnn(C)c3)C2)cn1. The Labute approximate surface area is 153 Å². The minimum atomic E-state index is -3.42. The van der Waals surface area contributed by atoms with Gasteiger partial charge in [0, 0.05) is 51.7 Å². The van der Waals surface area contributed by atoms with Crippen molar-refractivity contribution in [3.05, 3.63) is 35.9 Å². The van der Waals surface area contributed by atoms with Crippen LogP contribution in [-0.4, -0.2) is 57.6 Å². The summed E-state index contributed by atoms with van der Waals surface area (Å²) in [5.41, 5.74) is 1.35. The van der Waals surface area contributed by atoms with Gasteiger partial charge in [0.25, 0.3) is 5.91 Å². The Morgan fingerprint density at radius 3 is 2.62 bits per heavy atom. The average Bonchev–Trinajstić information content (AvgIpc) is 3.21. The summed E-state index contributed by atoms with van der Waals surface area (Å²) < 4.78 is 30.6. The van der Waals surface area contributed by atoms with E-state index in [1.54, 1.807) is 46.9 Å². The first-order valence-corrected chi connectivity index (χ1v) is 10.2. The maximum absolute atomic E-state index is 12.5. The molecule has 26 heavy (non-hydrogen) atoms. The van der Waals surface area contributed by atoms with Crippen LogP contribution >= 0.6 is 0 Å². The largest absolute Gasteiger partial charge is 0.338 e. The summed E-state index contributed by atoms with van der Waals surface area (Å²) in [4.78, 5) is 14.3. The lowest BCUT2D eigenvalue weighted by Crippen LogP contribution is -2.43. The summed E-state index contributed by atoms with van der Waals surface area (Å²) in [5.74, 6) is -0.149. The third-order valence-electron chi connectivity index (χ3n) is 4.47. The zero-order valence-electron chi connectivity index (χ0n) is 15.0. The highest BCUT2D eigenvalue weighted by atomic mass is 32.2. The molecule has 0 bridgehead atoms. The van der Waals surface area contributed by atoms with E-state index < -0.39 is 10.0 Å². The Balaban J connectivity index is 1.56. The summed E-state index contributed by atoms with van der Waals surface area (Å²) in [6.45, 7) is 1.32. The summed E-state index contributed by atoms with van der Waals surface area (Å²) in [6.07, 6.45) is 8.23. The maximum atomic E-state index is 12.5. The predicted octanol–water partition coefficient (Wildman–Crippen LogP) is 0.125. The van der Waals surface area contributed by atoms with Crippen LogP contribution in [0, 0.1) is 5.92 Å². The topological polar surface area (TPSA) is 102 Å². The van der Waals surface area contributed by atoms with E-state index in [4.69, 9.17) is 0 Å². The minimum absolute atomic E-state index is 0.0179. The molecular weight excluding hydrogens is 356 g/mol. The molecule has 3 rings (SSSR count). The van der Waals surface area contributed by atoms with Gasteiger partial charge in [-0.2, -0.15) is 10.2 Å². The van der Waals surface area contributed by atoms with E-state index >= 15 is 0 Å². The Kier molecular flexibility index (Phi) is 5.42. The number of hydrogen-bond donors (Lipinski definition) is 1. The first kappa shape index (κ1) is 18.6. The molecule has 0 aromatic carbocycles. The summed E-state index contributed by atoms with van der Waals surface area (Å²) in [5, 5.41) is 8.05. The van der Waals surface area contributed by atoms with Crippen LogP contribution < -0.4 is 4.72 Å². The van der Waals surface area contributed by atoms with Gasteiger partial charge in [0.1, 0.15) is 0 Å². The third-order valence-corrected chi connectivity index (χ3v) is 5.96. The number of sulfonamides is 1. The molecule has 1 amide bonds. The summed E-state index contributed by atoms with van der Waals surface area (Å²) >= 11 is 0. The number of piperidine rings is 1. The molecule has 9 nitrogen and oxygen atoms in total. The van der Waals surface area contributed by atoms with Gasteiger partial charge in [0.05, 0.1) is 23.7 Å². The van der Waals surface area contributed by atoms with Crippen LogP contribution in [0.5, 0.6) is 0 Å². The molecule has 2 aromatic heterocycles. The minimum Gasteiger partial charge on any atom is -0.338 e. The number of nitrogens with one attached hydrogen (secondary N) is 1. The van der Waals surface area contributed by atoms with Crippen molar-refractivity contribution in [1.29, 1.82) is 0 Å². The summed E-state index contributed by atoms with van der Waals surface area (Å²) in [6, 6.07) is 0. The Hall–Kier alpha value is -2.20. The normalized spacial score (nSPS) is 18.2. The lowest BCUT2D eigenvalue weighted by atomic mass is 9.99. The molecule has 1 atom stereocenters. The first-order valence-electron chi connectivity index (χ1n) is 8.55. The van der Waals surface area contributed by atoms with Gasteiger partial charge in [-0.15, -0.1) is 0 Å². The number of carbonyl (C=O) groups is 1. The summed E-state index contributed by atoms with van der Waals surface area (Å²) in [7, 11) is 0.125.